The summed E-state index contributed by atoms with van der Waals surface area (Å²) in [4.78, 5) is 4.26. The van der Waals surface area contributed by atoms with Crippen molar-refractivity contribution in [3.63, 3.8) is 0 Å². The lowest BCUT2D eigenvalue weighted by molar-refractivity contribution is 0.848. The van der Waals surface area contributed by atoms with Crippen molar-refractivity contribution >= 4 is 21.7 Å². The third-order valence-electron chi connectivity index (χ3n) is 2.20. The molecule has 0 radical (unpaired) electrons. The number of nitrogens with two attached hydrogens (primary N) is 1. The van der Waals surface area contributed by atoms with Gasteiger partial charge in [0.15, 0.2) is 5.82 Å². The predicted octanol–water partition coefficient (Wildman–Crippen LogP) is 2.23. The van der Waals surface area contributed by atoms with E-state index in [0.717, 1.165) is 21.4 Å². The topological polar surface area (TPSA) is 56.7 Å². The number of nitrogens with zero attached hydrogens (tertiary/aromatic N) is 3. The van der Waals surface area contributed by atoms with Crippen LogP contribution in [0.3, 0.4) is 0 Å². The molecule has 0 bridgehead atoms. The van der Waals surface area contributed by atoms with Gasteiger partial charge in [0.2, 0.25) is 0 Å². The Balaban J connectivity index is 2.49. The number of halogens is 1. The van der Waals surface area contributed by atoms with E-state index in [1.54, 1.807) is 10.9 Å². The Labute approximate surface area is 96.3 Å². The highest BCUT2D eigenvalue weighted by molar-refractivity contribution is 9.10. The molecule has 0 spiro atoms. The lowest BCUT2D eigenvalue weighted by atomic mass is 10.3. The lowest BCUT2D eigenvalue weighted by Crippen LogP contribution is -1.99. The first kappa shape index (κ1) is 10.2. The number of hydrogen-bond donors (Lipinski definition) is 1. The molecule has 0 saturated carbocycles. The van der Waals surface area contributed by atoms with Crippen molar-refractivity contribution in [3.05, 3.63) is 34.1 Å². The van der Waals surface area contributed by atoms with E-state index in [1.165, 1.54) is 0 Å². The van der Waals surface area contributed by atoms with Gasteiger partial charge in [-0.1, -0.05) is 0 Å². The largest absolute Gasteiger partial charge is 0.382 e. The van der Waals surface area contributed by atoms with E-state index in [-0.39, 0.29) is 0 Å². The normalized spacial score (nSPS) is 10.6. The third kappa shape index (κ3) is 1.87. The number of pyridine rings is 1. The molecule has 2 rings (SSSR count). The van der Waals surface area contributed by atoms with Crippen LogP contribution in [0.2, 0.25) is 0 Å². The standard InChI is InChI=1S/C10H11BrN4/c1-6-3-9(13-4-8(6)11)15-5-7(2)10(12)14-15/h3-5H,1-2H3,(H2,12,14). The fourth-order valence-corrected chi connectivity index (χ4v) is 1.46. The highest BCUT2D eigenvalue weighted by atomic mass is 79.9. The summed E-state index contributed by atoms with van der Waals surface area (Å²) in [5, 5.41) is 4.17. The minimum absolute atomic E-state index is 0.539. The second-order valence-corrected chi connectivity index (χ2v) is 4.29. The zero-order valence-electron chi connectivity index (χ0n) is 8.53. The Hall–Kier alpha value is -1.36. The molecule has 2 N–H and O–H groups in total. The van der Waals surface area contributed by atoms with Crippen LogP contribution < -0.4 is 5.73 Å². The molecule has 5 heteroatoms. The Bertz CT molecular complexity index is 485. The van der Waals surface area contributed by atoms with E-state index in [2.05, 4.69) is 26.0 Å². The first-order valence-electron chi connectivity index (χ1n) is 4.52. The van der Waals surface area contributed by atoms with Crippen LogP contribution >= 0.6 is 15.9 Å². The van der Waals surface area contributed by atoms with Gasteiger partial charge in [0.1, 0.15) is 5.82 Å². The highest BCUT2D eigenvalue weighted by Gasteiger charge is 2.05. The molecular formula is C10H11BrN4. The number of anilines is 1. The van der Waals surface area contributed by atoms with E-state index in [4.69, 9.17) is 5.73 Å². The van der Waals surface area contributed by atoms with Crippen LogP contribution in [0.1, 0.15) is 11.1 Å². The van der Waals surface area contributed by atoms with Gasteiger partial charge in [-0.25, -0.2) is 9.67 Å². The number of nitrogen functional groups attached to an aromatic ring is 1. The van der Waals surface area contributed by atoms with Gasteiger partial charge in [-0.15, -0.1) is 5.10 Å². The summed E-state index contributed by atoms with van der Waals surface area (Å²) in [6.45, 7) is 3.93. The molecule has 0 aliphatic heterocycles. The molecule has 2 aromatic rings. The zero-order chi connectivity index (χ0) is 11.0. The van der Waals surface area contributed by atoms with Crippen molar-refractivity contribution < 1.29 is 0 Å². The zero-order valence-corrected chi connectivity index (χ0v) is 10.1. The molecule has 0 unspecified atom stereocenters. The summed E-state index contributed by atoms with van der Waals surface area (Å²) in [5.74, 6) is 1.31. The number of aryl methyl sites for hydroxylation is 2. The Morgan fingerprint density at radius 3 is 2.60 bits per heavy atom. The fraction of sp³-hybridized carbons (Fsp3) is 0.200. The van der Waals surface area contributed by atoms with E-state index < -0.39 is 0 Å². The molecule has 0 fully saturated rings. The van der Waals surface area contributed by atoms with E-state index in [0.29, 0.717) is 5.82 Å². The second-order valence-electron chi connectivity index (χ2n) is 3.43. The number of hydrogen-bond acceptors (Lipinski definition) is 3. The number of aromatic nitrogens is 3. The van der Waals surface area contributed by atoms with Crippen LogP contribution in [-0.2, 0) is 0 Å². The van der Waals surface area contributed by atoms with Crippen LogP contribution in [-0.4, -0.2) is 14.8 Å². The molecule has 0 aromatic carbocycles. The first-order chi connectivity index (χ1) is 7.08. The van der Waals surface area contributed by atoms with Gasteiger partial charge in [0.05, 0.1) is 0 Å². The van der Waals surface area contributed by atoms with Gasteiger partial charge in [0.25, 0.3) is 0 Å². The molecule has 0 aliphatic rings. The van der Waals surface area contributed by atoms with Gasteiger partial charge >= 0.3 is 0 Å². The van der Waals surface area contributed by atoms with E-state index >= 15 is 0 Å². The van der Waals surface area contributed by atoms with Crippen molar-refractivity contribution in [3.8, 4) is 5.82 Å². The second kappa shape index (κ2) is 3.66. The smallest absolute Gasteiger partial charge is 0.153 e. The average Bonchev–Trinajstić information content (AvgIpc) is 2.52. The maximum Gasteiger partial charge on any atom is 0.153 e. The SMILES string of the molecule is Cc1cc(-n2cc(C)c(N)n2)ncc1Br. The molecule has 4 nitrogen and oxygen atoms in total. The van der Waals surface area contributed by atoms with E-state index in [9.17, 15) is 0 Å². The molecule has 2 heterocycles. The minimum Gasteiger partial charge on any atom is -0.382 e. The van der Waals surface area contributed by atoms with Crippen molar-refractivity contribution in [2.45, 2.75) is 13.8 Å². The monoisotopic (exact) mass is 266 g/mol. The predicted molar refractivity (Wildman–Crippen MR) is 62.9 cm³/mol. The lowest BCUT2D eigenvalue weighted by Gasteiger charge is -2.02. The van der Waals surface area contributed by atoms with Crippen LogP contribution in [0.5, 0.6) is 0 Å². The van der Waals surface area contributed by atoms with Crippen LogP contribution in [0.15, 0.2) is 22.9 Å². The van der Waals surface area contributed by atoms with Gasteiger partial charge < -0.3 is 5.73 Å². The molecule has 0 aliphatic carbocycles. The molecule has 0 saturated heterocycles. The van der Waals surface area contributed by atoms with Gasteiger partial charge in [0, 0.05) is 22.4 Å². The minimum atomic E-state index is 0.539. The highest BCUT2D eigenvalue weighted by Crippen LogP contribution is 2.17. The fourth-order valence-electron chi connectivity index (χ4n) is 1.24. The average molecular weight is 267 g/mol. The van der Waals surface area contributed by atoms with Crippen LogP contribution in [0.4, 0.5) is 5.82 Å². The Kier molecular flexibility index (Phi) is 2.48. The summed E-state index contributed by atoms with van der Waals surface area (Å²) in [6.07, 6.45) is 3.63. The maximum absolute atomic E-state index is 5.68. The van der Waals surface area contributed by atoms with Crippen molar-refractivity contribution in [1.82, 2.24) is 14.8 Å². The molecule has 0 amide bonds. The summed E-state index contributed by atoms with van der Waals surface area (Å²) < 4.78 is 2.67. The van der Waals surface area contributed by atoms with Crippen molar-refractivity contribution in [2.24, 2.45) is 0 Å². The van der Waals surface area contributed by atoms with Gasteiger partial charge in [-0.3, -0.25) is 0 Å². The van der Waals surface area contributed by atoms with Crippen LogP contribution in [0.25, 0.3) is 5.82 Å². The van der Waals surface area contributed by atoms with Crippen LogP contribution in [0, 0.1) is 13.8 Å². The molecule has 0 atom stereocenters. The summed E-state index contributed by atoms with van der Waals surface area (Å²) >= 11 is 3.40. The molecular weight excluding hydrogens is 256 g/mol. The molecule has 2 aromatic heterocycles. The van der Waals surface area contributed by atoms with Gasteiger partial charge in [-0.05, 0) is 41.4 Å². The quantitative estimate of drug-likeness (QED) is 0.861. The Morgan fingerprint density at radius 1 is 1.33 bits per heavy atom. The number of rotatable bonds is 1. The summed E-state index contributed by atoms with van der Waals surface area (Å²) in [6, 6.07) is 1.95. The van der Waals surface area contributed by atoms with E-state index in [1.807, 2.05) is 26.1 Å². The Morgan fingerprint density at radius 2 is 2.07 bits per heavy atom. The molecule has 78 valence electrons. The van der Waals surface area contributed by atoms with Gasteiger partial charge in [-0.2, -0.15) is 0 Å². The maximum atomic E-state index is 5.68. The molecule has 15 heavy (non-hydrogen) atoms. The first-order valence-corrected chi connectivity index (χ1v) is 5.31. The third-order valence-corrected chi connectivity index (χ3v) is 3.03. The summed E-state index contributed by atoms with van der Waals surface area (Å²) in [5.41, 5.74) is 7.75. The van der Waals surface area contributed by atoms with Crippen molar-refractivity contribution in [2.75, 3.05) is 5.73 Å². The summed E-state index contributed by atoms with van der Waals surface area (Å²) in [7, 11) is 0. The van der Waals surface area contributed by atoms with Crippen molar-refractivity contribution in [1.29, 1.82) is 0 Å².